The molecule has 0 radical (unpaired) electrons. The Bertz CT molecular complexity index is 1190. The van der Waals surface area contributed by atoms with Gasteiger partial charge in [-0.1, -0.05) is 40.8 Å². The Morgan fingerprint density at radius 2 is 2.00 bits per heavy atom. The summed E-state index contributed by atoms with van der Waals surface area (Å²) in [6.07, 6.45) is -0.530. The van der Waals surface area contributed by atoms with Crippen molar-refractivity contribution in [2.45, 2.75) is 55.8 Å². The van der Waals surface area contributed by atoms with Crippen molar-refractivity contribution in [2.24, 2.45) is 0 Å². The maximum Gasteiger partial charge on any atom is 0.342 e. The molecule has 14 heteroatoms. The van der Waals surface area contributed by atoms with E-state index in [1.54, 1.807) is 44.2 Å². The van der Waals surface area contributed by atoms with E-state index in [1.165, 1.54) is 17.7 Å². The maximum absolute atomic E-state index is 13.7. The number of alkyl halides is 1. The first-order chi connectivity index (χ1) is 16.5. The molecule has 3 rings (SSSR count). The second-order valence-electron chi connectivity index (χ2n) is 8.06. The highest BCUT2D eigenvalue weighted by atomic mass is 127. The minimum Gasteiger partial charge on any atom is -0.462 e. The summed E-state index contributed by atoms with van der Waals surface area (Å²) in [5.41, 5.74) is -1.16. The van der Waals surface area contributed by atoms with Crippen LogP contribution in [0.3, 0.4) is 0 Å². The summed E-state index contributed by atoms with van der Waals surface area (Å²) in [5, 5.41) is 2.73. The van der Waals surface area contributed by atoms with Crippen LogP contribution in [0.25, 0.3) is 0 Å². The maximum atomic E-state index is 13.7. The van der Waals surface area contributed by atoms with Crippen LogP contribution in [0.15, 0.2) is 50.6 Å². The second-order valence-corrected chi connectivity index (χ2v) is 12.6. The summed E-state index contributed by atoms with van der Waals surface area (Å²) in [7, 11) is -3.77. The molecular weight excluding hydrogens is 660 g/mol. The first-order valence-corrected chi connectivity index (χ1v) is 14.6. The van der Waals surface area contributed by atoms with E-state index in [0.29, 0.717) is 12.2 Å². The molecule has 1 fully saturated rings. The Hall–Kier alpha value is -1.51. The minimum atomic E-state index is -3.77. The summed E-state index contributed by atoms with van der Waals surface area (Å²) in [4.78, 5) is 38.3. The molecule has 1 saturated heterocycles. The molecule has 0 bridgehead atoms. The summed E-state index contributed by atoms with van der Waals surface area (Å²) in [6, 6.07) is 7.57. The van der Waals surface area contributed by atoms with Crippen molar-refractivity contribution in [3.05, 3.63) is 61.8 Å². The van der Waals surface area contributed by atoms with E-state index in [-0.39, 0.29) is 14.5 Å². The Morgan fingerprint density at radius 1 is 1.31 bits per heavy atom. The van der Waals surface area contributed by atoms with Crippen LogP contribution in [0.2, 0.25) is 0 Å². The lowest BCUT2D eigenvalue weighted by atomic mass is 10.3. The number of nitrogens with zero attached hydrogens (tertiary/aromatic N) is 1. The number of rotatable bonds is 10. The third-order valence-corrected chi connectivity index (χ3v) is 8.18. The van der Waals surface area contributed by atoms with Crippen LogP contribution in [0.5, 0.6) is 5.75 Å². The highest BCUT2D eigenvalue weighted by Crippen LogP contribution is 2.45. The van der Waals surface area contributed by atoms with Crippen LogP contribution < -0.4 is 20.9 Å². The Balaban J connectivity index is 1.73. The average Bonchev–Trinajstić information content (AvgIpc) is 3.15. The highest BCUT2D eigenvalue weighted by Gasteiger charge is 2.39. The summed E-state index contributed by atoms with van der Waals surface area (Å²) in [5.74, 6) is -0.249. The van der Waals surface area contributed by atoms with Gasteiger partial charge in [-0.25, -0.2) is 9.88 Å². The minimum absolute atomic E-state index is 0.183. The molecule has 2 heterocycles. The Kier molecular flexibility index (Phi) is 9.75. The topological polar surface area (TPSA) is 138 Å². The van der Waals surface area contributed by atoms with Crippen LogP contribution in [0.4, 0.5) is 0 Å². The zero-order valence-corrected chi connectivity index (χ0v) is 23.8. The standard InChI is InChI=1S/C21H26BrIN3O8P/c1-12(2)32-19(28)13(3)25-35(30,34-14-7-5-4-6-8-14)11-31-20-16(23)9-17(33-20)26-10-15(22)18(27)24-21(26)29/h4-8,10,12-13,16-17,20H,9,11H2,1-3H3,(H,25,30)(H,24,27,29)/t13-,16-,17+,20-,35?/m0/s1. The van der Waals surface area contributed by atoms with E-state index in [2.05, 4.69) is 48.6 Å². The number of carbonyl (C=O) groups is 1. The summed E-state index contributed by atoms with van der Waals surface area (Å²) >= 11 is 5.22. The molecule has 1 aromatic heterocycles. The number of benzene rings is 1. The van der Waals surface area contributed by atoms with Crippen molar-refractivity contribution in [1.29, 1.82) is 0 Å². The predicted octanol–water partition coefficient (Wildman–Crippen LogP) is 3.52. The van der Waals surface area contributed by atoms with E-state index >= 15 is 0 Å². The molecule has 0 saturated carbocycles. The second kappa shape index (κ2) is 12.2. The highest BCUT2D eigenvalue weighted by molar-refractivity contribution is 14.1. The fraction of sp³-hybridized carbons (Fsp3) is 0.476. The number of nitrogens with one attached hydrogen (secondary N) is 2. The fourth-order valence-corrected chi connectivity index (χ4v) is 6.00. The Labute approximate surface area is 223 Å². The molecule has 1 unspecified atom stereocenters. The lowest BCUT2D eigenvalue weighted by molar-refractivity contribution is -0.149. The molecule has 0 amide bonds. The lowest BCUT2D eigenvalue weighted by Crippen LogP contribution is -2.37. The molecule has 0 aliphatic carbocycles. The molecule has 2 N–H and O–H groups in total. The van der Waals surface area contributed by atoms with Crippen LogP contribution in [0.1, 0.15) is 33.4 Å². The number of hydrogen-bond acceptors (Lipinski definition) is 8. The quantitative estimate of drug-likeness (QED) is 0.167. The van der Waals surface area contributed by atoms with Gasteiger partial charge in [0.05, 0.1) is 14.5 Å². The van der Waals surface area contributed by atoms with E-state index in [0.717, 1.165) is 0 Å². The van der Waals surface area contributed by atoms with Crippen molar-refractivity contribution in [2.75, 3.05) is 6.35 Å². The molecular formula is C21H26BrIN3O8P. The van der Waals surface area contributed by atoms with Gasteiger partial charge in [-0.3, -0.25) is 23.7 Å². The fourth-order valence-electron chi connectivity index (χ4n) is 3.19. The van der Waals surface area contributed by atoms with Gasteiger partial charge in [0.15, 0.2) is 12.6 Å². The van der Waals surface area contributed by atoms with E-state index in [4.69, 9.17) is 18.7 Å². The van der Waals surface area contributed by atoms with Crippen LogP contribution in [-0.2, 0) is 23.6 Å². The first-order valence-electron chi connectivity index (χ1n) is 10.7. The number of ether oxygens (including phenoxy) is 3. The molecule has 1 aliphatic rings. The molecule has 2 aromatic rings. The van der Waals surface area contributed by atoms with Crippen molar-refractivity contribution in [1.82, 2.24) is 14.6 Å². The number of hydrogen-bond donors (Lipinski definition) is 2. The zero-order valence-electron chi connectivity index (χ0n) is 19.2. The SMILES string of the molecule is CC(C)OC(=O)[C@H](C)NP(=O)(CO[C@H]1O[C@@H](n2cc(Br)c(=O)[nH]c2=O)C[C@@H]1I)Oc1ccccc1. The lowest BCUT2D eigenvalue weighted by Gasteiger charge is -2.25. The van der Waals surface area contributed by atoms with Crippen molar-refractivity contribution in [3.63, 3.8) is 0 Å². The van der Waals surface area contributed by atoms with Gasteiger partial charge < -0.3 is 18.7 Å². The van der Waals surface area contributed by atoms with Gasteiger partial charge in [0.2, 0.25) is 0 Å². The number of carbonyl (C=O) groups excluding carboxylic acids is 1. The molecule has 5 atom stereocenters. The van der Waals surface area contributed by atoms with E-state index < -0.39 is 49.6 Å². The summed E-state index contributed by atoms with van der Waals surface area (Å²) < 4.78 is 37.6. The van der Waals surface area contributed by atoms with Gasteiger partial charge in [0.1, 0.15) is 18.0 Å². The molecule has 35 heavy (non-hydrogen) atoms. The van der Waals surface area contributed by atoms with Crippen LogP contribution in [-0.4, -0.2) is 44.2 Å². The van der Waals surface area contributed by atoms with Crippen molar-refractivity contribution < 1.29 is 28.1 Å². The number of para-hydroxylation sites is 1. The van der Waals surface area contributed by atoms with Gasteiger partial charge >= 0.3 is 19.2 Å². The number of halogens is 2. The van der Waals surface area contributed by atoms with Crippen molar-refractivity contribution in [3.8, 4) is 5.75 Å². The van der Waals surface area contributed by atoms with Crippen molar-refractivity contribution >= 4 is 52.0 Å². The van der Waals surface area contributed by atoms with Gasteiger partial charge in [-0.05, 0) is 48.8 Å². The van der Waals surface area contributed by atoms with E-state index in [9.17, 15) is 18.9 Å². The third-order valence-electron chi connectivity index (χ3n) is 4.75. The van der Waals surface area contributed by atoms with Crippen LogP contribution in [0, 0.1) is 0 Å². The average molecular weight is 686 g/mol. The molecule has 0 spiro atoms. The molecule has 192 valence electrons. The molecule has 11 nitrogen and oxygen atoms in total. The molecule has 1 aliphatic heterocycles. The van der Waals surface area contributed by atoms with Gasteiger partial charge in [-0.15, -0.1) is 0 Å². The van der Waals surface area contributed by atoms with Gasteiger partial charge in [0.25, 0.3) is 5.56 Å². The Morgan fingerprint density at radius 3 is 2.66 bits per heavy atom. The number of H-pyrrole nitrogens is 1. The molecule has 1 aromatic carbocycles. The van der Waals surface area contributed by atoms with Gasteiger partial charge in [-0.2, -0.15) is 0 Å². The van der Waals surface area contributed by atoms with Crippen LogP contribution >= 0.6 is 46.0 Å². The third kappa shape index (κ3) is 7.73. The largest absolute Gasteiger partial charge is 0.462 e. The van der Waals surface area contributed by atoms with E-state index in [1.807, 2.05) is 0 Å². The number of aromatic nitrogens is 2. The summed E-state index contributed by atoms with van der Waals surface area (Å²) in [6.45, 7) is 4.96. The number of esters is 1. The number of aromatic amines is 1. The monoisotopic (exact) mass is 685 g/mol. The zero-order chi connectivity index (χ0) is 25.8. The normalized spacial score (nSPS) is 22.5. The first kappa shape index (κ1) is 28.1. The van der Waals surface area contributed by atoms with Gasteiger partial charge in [0, 0.05) is 12.6 Å². The predicted molar refractivity (Wildman–Crippen MR) is 140 cm³/mol. The smallest absolute Gasteiger partial charge is 0.342 e.